The Morgan fingerprint density at radius 2 is 1.37 bits per heavy atom. The summed E-state index contributed by atoms with van der Waals surface area (Å²) in [6.45, 7) is 7.19. The number of aliphatic hydroxyl groups excluding tert-OH is 2. The highest BCUT2D eigenvalue weighted by molar-refractivity contribution is 8.77. The third kappa shape index (κ3) is 17.3. The smallest absolute Gasteiger partial charge is 0.245 e. The Hall–Kier alpha value is -7.39. The van der Waals surface area contributed by atoms with Crippen molar-refractivity contribution in [2.75, 3.05) is 12.3 Å². The maximum atomic E-state index is 14.9. The van der Waals surface area contributed by atoms with Crippen LogP contribution in [-0.4, -0.2) is 151 Å². The number of aromatic hydroxyl groups is 1. The van der Waals surface area contributed by atoms with Gasteiger partial charge in [0.25, 0.3) is 0 Å². The van der Waals surface area contributed by atoms with E-state index in [1.54, 1.807) is 61.7 Å². The number of hydrogen-bond acceptors (Lipinski definition) is 15. The zero-order valence-electron chi connectivity index (χ0n) is 43.9. The lowest BCUT2D eigenvalue weighted by molar-refractivity contribution is -0.137. The number of carbonyl (C=O) groups excluding carboxylic acids is 8. The molecular formula is C52H71N13O11S2. The molecule has 78 heavy (non-hydrogen) atoms. The molecule has 1 saturated heterocycles. The first-order chi connectivity index (χ1) is 36.9. The molecule has 0 radical (unpaired) electrons. The number of aliphatic hydroxyl groups is 2. The van der Waals surface area contributed by atoms with Crippen LogP contribution >= 0.6 is 21.6 Å². The minimum atomic E-state index is -1.80. The number of para-hydroxylation sites is 1. The first-order valence-corrected chi connectivity index (χ1v) is 27.5. The molecule has 422 valence electrons. The second-order valence-electron chi connectivity index (χ2n) is 19.6. The van der Waals surface area contributed by atoms with E-state index < -0.39 is 118 Å². The summed E-state index contributed by atoms with van der Waals surface area (Å²) in [5, 5.41) is 50.8. The van der Waals surface area contributed by atoms with Gasteiger partial charge >= 0.3 is 0 Å². The van der Waals surface area contributed by atoms with Gasteiger partial charge in [0.1, 0.15) is 48.0 Å². The van der Waals surface area contributed by atoms with E-state index in [2.05, 4.69) is 47.2 Å². The number of benzene rings is 3. The molecule has 1 fully saturated rings. The number of aliphatic imine (C=N–C) groups is 1. The molecule has 1 aliphatic heterocycles. The molecule has 8 amide bonds. The number of nitrogens with two attached hydrogens (primary N) is 4. The molecule has 24 nitrogen and oxygen atoms in total. The number of aromatic nitrogens is 1. The summed E-state index contributed by atoms with van der Waals surface area (Å²) in [4.78, 5) is 121. The van der Waals surface area contributed by atoms with E-state index in [0.717, 1.165) is 27.2 Å². The summed E-state index contributed by atoms with van der Waals surface area (Å²) in [5.41, 5.74) is 25.7. The minimum Gasteiger partial charge on any atom is -0.508 e. The topological polar surface area (TPSA) is 414 Å². The number of amides is 8. The molecule has 11 atom stereocenters. The number of primary amides is 1. The number of hydrogen-bond donors (Lipinski definition) is 15. The number of phenolic OH excluding ortho intramolecular Hbond substituents is 1. The van der Waals surface area contributed by atoms with Crippen LogP contribution in [0.5, 0.6) is 5.75 Å². The number of carbonyl (C=O) groups is 8. The lowest BCUT2D eigenvalue weighted by atomic mass is 9.93. The highest BCUT2D eigenvalue weighted by Crippen LogP contribution is 2.39. The van der Waals surface area contributed by atoms with Crippen molar-refractivity contribution in [3.63, 3.8) is 0 Å². The fraction of sp³-hybridized carbons (Fsp3) is 0.442. The summed E-state index contributed by atoms with van der Waals surface area (Å²) >= 11 is 0. The third-order valence-corrected chi connectivity index (χ3v) is 16.3. The molecule has 0 bridgehead atoms. The Morgan fingerprint density at radius 1 is 0.769 bits per heavy atom. The molecule has 0 aliphatic carbocycles. The summed E-state index contributed by atoms with van der Waals surface area (Å²) < 4.78 is -1.45. The lowest BCUT2D eigenvalue weighted by Gasteiger charge is -2.36. The highest BCUT2D eigenvalue weighted by Gasteiger charge is 2.43. The van der Waals surface area contributed by atoms with E-state index in [1.807, 2.05) is 6.07 Å². The largest absolute Gasteiger partial charge is 0.508 e. The molecule has 5 rings (SSSR count). The van der Waals surface area contributed by atoms with Crippen LogP contribution in [0.3, 0.4) is 0 Å². The Kier molecular flexibility index (Phi) is 22.3. The van der Waals surface area contributed by atoms with Crippen LogP contribution in [0.2, 0.25) is 0 Å². The molecule has 4 aromatic rings. The number of aromatic amines is 1. The highest BCUT2D eigenvalue weighted by atomic mass is 33.1. The van der Waals surface area contributed by atoms with Crippen molar-refractivity contribution in [2.45, 2.75) is 132 Å². The van der Waals surface area contributed by atoms with Gasteiger partial charge in [0.05, 0.1) is 18.2 Å². The van der Waals surface area contributed by atoms with Gasteiger partial charge in [-0.2, -0.15) is 0 Å². The summed E-state index contributed by atoms with van der Waals surface area (Å²) in [7, 11) is 1.92. The van der Waals surface area contributed by atoms with Crippen molar-refractivity contribution in [3.05, 3.63) is 102 Å². The van der Waals surface area contributed by atoms with Gasteiger partial charge in [-0.05, 0) is 75.4 Å². The number of nitrogens with zero attached hydrogens (tertiary/aromatic N) is 1. The lowest BCUT2D eigenvalue weighted by Crippen LogP contribution is -2.65. The van der Waals surface area contributed by atoms with E-state index in [0.29, 0.717) is 22.0 Å². The molecule has 2 heterocycles. The van der Waals surface area contributed by atoms with Crippen molar-refractivity contribution in [1.29, 1.82) is 0 Å². The summed E-state index contributed by atoms with van der Waals surface area (Å²) in [6, 6.07) is 9.79. The van der Waals surface area contributed by atoms with Crippen molar-refractivity contribution in [3.8, 4) is 5.75 Å². The van der Waals surface area contributed by atoms with Crippen LogP contribution in [0.4, 0.5) is 0 Å². The maximum Gasteiger partial charge on any atom is 0.245 e. The van der Waals surface area contributed by atoms with Gasteiger partial charge in [0.15, 0.2) is 5.96 Å². The first-order valence-electron chi connectivity index (χ1n) is 25.1. The van der Waals surface area contributed by atoms with Crippen molar-refractivity contribution in [1.82, 2.24) is 42.2 Å². The average molecular weight is 1120 g/mol. The normalized spacial score (nSPS) is 22.8. The second kappa shape index (κ2) is 28.3. The van der Waals surface area contributed by atoms with Gasteiger partial charge in [0, 0.05) is 52.9 Å². The third-order valence-electron chi connectivity index (χ3n) is 13.0. The van der Waals surface area contributed by atoms with E-state index in [9.17, 15) is 53.7 Å². The molecule has 4 unspecified atom stereocenters. The molecule has 1 aliphatic rings. The predicted molar refractivity (Wildman–Crippen MR) is 297 cm³/mol. The standard InChI is InChI=1S/C52H71N13O11S2/c1-26(30-12-7-6-8-13-30)39(53)48(74)62-38-25-77-78-52(4,5)42(50(76)63-40(27(2)66)43(54)69)65-49(75)41(28(3)67)64-44(70)35(16-11-21-57-51(55)56)59-46(72)37(23-31-24-58-34-15-10-9-14-33(31)34)61-45(71)36(60-47(38)73)22-29-17-19-32(68)20-18-29/h6-10,12-15,17-20,24,26-28,35-42,58,66-68H,11,16,21-23,25,53H2,1-5H3,(H2,54,69)(H,59,72)(H,60,73)(H,61,71)(H,62,74)(H,63,76)(H,64,70)(H,65,75)(H4,55,56,57)/t26-,27-,28-,35?,36?,37-,38?,39-,40+,41+,42?/m1/s1. The minimum absolute atomic E-state index is 0.00378. The predicted octanol–water partition coefficient (Wildman–Crippen LogP) is -1.34. The second-order valence-corrected chi connectivity index (χ2v) is 22.6. The number of guanidine groups is 1. The van der Waals surface area contributed by atoms with Crippen molar-refractivity contribution < 1.29 is 53.7 Å². The zero-order chi connectivity index (χ0) is 57.4. The molecule has 1 aromatic heterocycles. The van der Waals surface area contributed by atoms with Crippen LogP contribution in [0.15, 0.2) is 90.1 Å². The molecular weight excluding hydrogens is 1050 g/mol. The molecule has 0 spiro atoms. The van der Waals surface area contributed by atoms with E-state index in [1.165, 1.54) is 52.0 Å². The number of phenols is 1. The van der Waals surface area contributed by atoms with Gasteiger partial charge < -0.3 is 80.5 Å². The zero-order valence-corrected chi connectivity index (χ0v) is 45.5. The average Bonchev–Trinajstić information content (AvgIpc) is 3.82. The van der Waals surface area contributed by atoms with E-state index in [-0.39, 0.29) is 49.7 Å². The Bertz CT molecular complexity index is 2780. The molecule has 0 saturated carbocycles. The van der Waals surface area contributed by atoms with Crippen LogP contribution in [0.25, 0.3) is 10.9 Å². The number of nitrogens with one attached hydrogen (secondary N) is 8. The molecule has 19 N–H and O–H groups in total. The van der Waals surface area contributed by atoms with Crippen molar-refractivity contribution in [2.24, 2.45) is 27.9 Å². The summed E-state index contributed by atoms with van der Waals surface area (Å²) in [5.74, 6) is -8.71. The SMILES string of the molecule is C[C@H](c1ccccc1)[C@@H](N)C(=O)NC1CSSC(C)(C)C(C(=O)N[C@H](C(N)=O)[C@@H](C)O)NC(=O)[C@H]([C@@H](C)O)NC(=O)C(CCCN=C(N)N)NC(=O)[C@@H](Cc2c[nH]c3ccccc23)NC(=O)C(Cc2ccc(O)cc2)NC1=O. The van der Waals surface area contributed by atoms with Crippen LogP contribution in [0.1, 0.15) is 70.1 Å². The van der Waals surface area contributed by atoms with E-state index in [4.69, 9.17) is 22.9 Å². The quantitative estimate of drug-likeness (QED) is 0.0252. The molecule has 3 aromatic carbocycles. The molecule has 26 heteroatoms. The van der Waals surface area contributed by atoms with Crippen molar-refractivity contribution >= 4 is 85.7 Å². The van der Waals surface area contributed by atoms with Gasteiger partial charge in [-0.25, -0.2) is 0 Å². The Balaban J connectivity index is 1.65. The van der Waals surface area contributed by atoms with Crippen LogP contribution in [0, 0.1) is 0 Å². The number of rotatable bonds is 17. The van der Waals surface area contributed by atoms with Crippen LogP contribution < -0.4 is 60.2 Å². The summed E-state index contributed by atoms with van der Waals surface area (Å²) in [6.07, 6.45) is -1.93. The Labute approximate surface area is 459 Å². The van der Waals surface area contributed by atoms with Gasteiger partial charge in [-0.1, -0.05) is 89.2 Å². The fourth-order valence-corrected chi connectivity index (χ4v) is 11.3. The first kappa shape index (κ1) is 61.5. The van der Waals surface area contributed by atoms with Crippen LogP contribution in [-0.2, 0) is 51.2 Å². The Morgan fingerprint density at radius 3 is 2.00 bits per heavy atom. The fourth-order valence-electron chi connectivity index (χ4n) is 8.45. The van der Waals surface area contributed by atoms with Gasteiger partial charge in [0.2, 0.25) is 47.3 Å². The van der Waals surface area contributed by atoms with Gasteiger partial charge in [-0.3, -0.25) is 43.3 Å². The van der Waals surface area contributed by atoms with E-state index >= 15 is 0 Å². The maximum absolute atomic E-state index is 14.9. The number of H-pyrrole nitrogens is 1. The van der Waals surface area contributed by atoms with Gasteiger partial charge in [-0.15, -0.1) is 0 Å². The monoisotopic (exact) mass is 1120 g/mol. The number of fused-ring (bicyclic) bond motifs is 1.